The number of amides is 1. The summed E-state index contributed by atoms with van der Waals surface area (Å²) in [6.45, 7) is 1.17. The lowest BCUT2D eigenvalue weighted by molar-refractivity contribution is -0.118. The van der Waals surface area contributed by atoms with Crippen molar-refractivity contribution < 1.29 is 31.5 Å². The van der Waals surface area contributed by atoms with E-state index in [0.717, 1.165) is 12.1 Å². The van der Waals surface area contributed by atoms with Crippen molar-refractivity contribution >= 4 is 27.3 Å². The SMILES string of the molecule is COc1ccc(NS(=O)(=O)c2ccc(OCC(=O)Nc3ccc(F)cc3F)c(C)c2)cc1. The Morgan fingerprint density at radius 1 is 1.00 bits per heavy atom. The standard InChI is InChI=1S/C22H20F2N2O5S/c1-14-11-18(32(28,29)26-16-4-6-17(30-2)7-5-16)8-10-21(14)31-13-22(27)25-20-9-3-15(23)12-19(20)24/h3-12,26H,13H2,1-2H3,(H,25,27). The van der Waals surface area contributed by atoms with Crippen LogP contribution in [0.1, 0.15) is 5.56 Å². The van der Waals surface area contributed by atoms with Crippen LogP contribution in [0.3, 0.4) is 0 Å². The molecule has 0 aliphatic carbocycles. The quantitative estimate of drug-likeness (QED) is 0.526. The maximum absolute atomic E-state index is 13.6. The molecule has 0 radical (unpaired) electrons. The lowest BCUT2D eigenvalue weighted by Gasteiger charge is -2.13. The fourth-order valence-electron chi connectivity index (χ4n) is 2.74. The van der Waals surface area contributed by atoms with Gasteiger partial charge in [-0.15, -0.1) is 0 Å². The number of ether oxygens (including phenoxy) is 2. The number of methoxy groups -OCH3 is 1. The minimum atomic E-state index is -3.85. The van der Waals surface area contributed by atoms with Crippen LogP contribution < -0.4 is 19.5 Å². The van der Waals surface area contributed by atoms with Gasteiger partial charge in [-0.3, -0.25) is 9.52 Å². The summed E-state index contributed by atoms with van der Waals surface area (Å²) in [4.78, 5) is 12.0. The Bertz CT molecular complexity index is 1230. The molecule has 32 heavy (non-hydrogen) atoms. The Kier molecular flexibility index (Phi) is 6.94. The Labute approximate surface area is 184 Å². The van der Waals surface area contributed by atoms with Crippen LogP contribution in [0.25, 0.3) is 0 Å². The van der Waals surface area contributed by atoms with E-state index in [-0.39, 0.29) is 16.3 Å². The first-order valence-corrected chi connectivity index (χ1v) is 10.8. The second kappa shape index (κ2) is 9.65. The number of aryl methyl sites for hydroxylation is 1. The summed E-state index contributed by atoms with van der Waals surface area (Å²) in [6.07, 6.45) is 0. The number of sulfonamides is 1. The lowest BCUT2D eigenvalue weighted by Crippen LogP contribution is -2.21. The number of hydrogen-bond acceptors (Lipinski definition) is 5. The molecule has 3 rings (SSSR count). The van der Waals surface area contributed by atoms with Crippen molar-refractivity contribution in [2.45, 2.75) is 11.8 Å². The highest BCUT2D eigenvalue weighted by Crippen LogP contribution is 2.24. The Balaban J connectivity index is 1.64. The van der Waals surface area contributed by atoms with Gasteiger partial charge in [0, 0.05) is 11.8 Å². The summed E-state index contributed by atoms with van der Waals surface area (Å²) < 4.78 is 64.8. The molecule has 0 spiro atoms. The van der Waals surface area contributed by atoms with Gasteiger partial charge in [0.15, 0.2) is 6.61 Å². The molecule has 0 aliphatic rings. The summed E-state index contributed by atoms with van der Waals surface area (Å²) >= 11 is 0. The van der Waals surface area contributed by atoms with E-state index in [0.29, 0.717) is 23.1 Å². The monoisotopic (exact) mass is 462 g/mol. The Hall–Kier alpha value is -3.66. The zero-order chi connectivity index (χ0) is 23.3. The third kappa shape index (κ3) is 5.73. The number of carbonyl (C=O) groups is 1. The van der Waals surface area contributed by atoms with Crippen molar-refractivity contribution in [3.8, 4) is 11.5 Å². The van der Waals surface area contributed by atoms with Crippen LogP contribution in [0, 0.1) is 18.6 Å². The number of nitrogens with one attached hydrogen (secondary N) is 2. The molecule has 0 aromatic heterocycles. The van der Waals surface area contributed by atoms with Crippen LogP contribution in [-0.2, 0) is 14.8 Å². The maximum Gasteiger partial charge on any atom is 0.262 e. The smallest absolute Gasteiger partial charge is 0.262 e. The van der Waals surface area contributed by atoms with Crippen LogP contribution in [-0.4, -0.2) is 28.0 Å². The summed E-state index contributed by atoms with van der Waals surface area (Å²) in [5, 5.41) is 2.28. The molecule has 0 saturated carbocycles. The van der Waals surface area contributed by atoms with E-state index in [2.05, 4.69) is 10.0 Å². The highest BCUT2D eigenvalue weighted by Gasteiger charge is 2.16. The van der Waals surface area contributed by atoms with Crippen molar-refractivity contribution in [2.75, 3.05) is 23.8 Å². The lowest BCUT2D eigenvalue weighted by atomic mass is 10.2. The minimum Gasteiger partial charge on any atom is -0.497 e. The summed E-state index contributed by atoms with van der Waals surface area (Å²) in [5.41, 5.74) is 0.666. The summed E-state index contributed by atoms with van der Waals surface area (Å²) in [7, 11) is -2.34. The zero-order valence-electron chi connectivity index (χ0n) is 17.2. The molecule has 0 fully saturated rings. The van der Waals surface area contributed by atoms with Gasteiger partial charge in [-0.05, 0) is 67.1 Å². The summed E-state index contributed by atoms with van der Waals surface area (Å²) in [5.74, 6) is -1.45. The molecule has 0 bridgehead atoms. The molecule has 10 heteroatoms. The normalized spacial score (nSPS) is 11.0. The van der Waals surface area contributed by atoms with Crippen LogP contribution in [0.5, 0.6) is 11.5 Å². The Morgan fingerprint density at radius 3 is 2.34 bits per heavy atom. The van der Waals surface area contributed by atoms with Crippen molar-refractivity contribution in [1.82, 2.24) is 0 Å². The second-order valence-corrected chi connectivity index (χ2v) is 8.40. The van der Waals surface area contributed by atoms with Gasteiger partial charge < -0.3 is 14.8 Å². The van der Waals surface area contributed by atoms with E-state index in [1.807, 2.05) is 0 Å². The fraction of sp³-hybridized carbons (Fsp3) is 0.136. The highest BCUT2D eigenvalue weighted by atomic mass is 32.2. The number of rotatable bonds is 8. The topological polar surface area (TPSA) is 93.7 Å². The van der Waals surface area contributed by atoms with Crippen LogP contribution in [0.15, 0.2) is 65.6 Å². The summed E-state index contributed by atoms with van der Waals surface area (Å²) in [6, 6.07) is 13.3. The molecular weight excluding hydrogens is 442 g/mol. The van der Waals surface area contributed by atoms with Crippen molar-refractivity contribution in [1.29, 1.82) is 0 Å². The van der Waals surface area contributed by atoms with Crippen molar-refractivity contribution in [3.63, 3.8) is 0 Å². The van der Waals surface area contributed by atoms with Crippen molar-refractivity contribution in [3.05, 3.63) is 77.9 Å². The maximum atomic E-state index is 13.6. The van der Waals surface area contributed by atoms with Gasteiger partial charge in [0.2, 0.25) is 0 Å². The molecule has 0 heterocycles. The van der Waals surface area contributed by atoms with E-state index in [1.54, 1.807) is 31.2 Å². The van der Waals surface area contributed by atoms with Crippen LogP contribution in [0.2, 0.25) is 0 Å². The Morgan fingerprint density at radius 2 is 1.72 bits per heavy atom. The molecule has 7 nitrogen and oxygen atoms in total. The predicted molar refractivity (Wildman–Crippen MR) is 115 cm³/mol. The first-order chi connectivity index (χ1) is 15.2. The number of benzene rings is 3. The molecule has 3 aromatic carbocycles. The van der Waals surface area contributed by atoms with Gasteiger partial charge in [-0.2, -0.15) is 0 Å². The van der Waals surface area contributed by atoms with Crippen LogP contribution >= 0.6 is 0 Å². The average Bonchev–Trinajstić information content (AvgIpc) is 2.75. The van der Waals surface area contributed by atoms with Gasteiger partial charge in [-0.25, -0.2) is 17.2 Å². The second-order valence-electron chi connectivity index (χ2n) is 6.72. The third-order valence-electron chi connectivity index (χ3n) is 4.36. The van der Waals surface area contributed by atoms with E-state index < -0.39 is 34.2 Å². The number of hydrogen-bond donors (Lipinski definition) is 2. The van der Waals surface area contributed by atoms with Crippen molar-refractivity contribution in [2.24, 2.45) is 0 Å². The number of halogens is 2. The average molecular weight is 462 g/mol. The van der Waals surface area contributed by atoms with Gasteiger partial charge in [0.25, 0.3) is 15.9 Å². The molecule has 3 aromatic rings. The van der Waals surface area contributed by atoms with Gasteiger partial charge >= 0.3 is 0 Å². The molecule has 1 amide bonds. The molecule has 2 N–H and O–H groups in total. The molecule has 0 unspecified atom stereocenters. The molecule has 168 valence electrons. The molecule has 0 atom stereocenters. The first-order valence-electron chi connectivity index (χ1n) is 9.33. The van der Waals surface area contributed by atoms with Gasteiger partial charge in [0.05, 0.1) is 17.7 Å². The van der Waals surface area contributed by atoms with E-state index >= 15 is 0 Å². The number of anilines is 2. The van der Waals surface area contributed by atoms with E-state index in [9.17, 15) is 22.0 Å². The minimum absolute atomic E-state index is 0.0102. The predicted octanol–water partition coefficient (Wildman–Crippen LogP) is 4.10. The largest absolute Gasteiger partial charge is 0.497 e. The third-order valence-corrected chi connectivity index (χ3v) is 5.74. The van der Waals surface area contributed by atoms with E-state index in [4.69, 9.17) is 9.47 Å². The highest BCUT2D eigenvalue weighted by molar-refractivity contribution is 7.92. The van der Waals surface area contributed by atoms with Gasteiger partial charge in [-0.1, -0.05) is 0 Å². The van der Waals surface area contributed by atoms with Gasteiger partial charge in [0.1, 0.15) is 23.1 Å². The zero-order valence-corrected chi connectivity index (χ0v) is 18.0. The molecule has 0 aliphatic heterocycles. The van der Waals surface area contributed by atoms with Crippen LogP contribution in [0.4, 0.5) is 20.2 Å². The van der Waals surface area contributed by atoms with E-state index in [1.165, 1.54) is 25.3 Å². The number of carbonyl (C=O) groups excluding carboxylic acids is 1. The molecule has 0 saturated heterocycles. The fourth-order valence-corrected chi connectivity index (χ4v) is 3.89. The molecular formula is C22H20F2N2O5S. The first kappa shape index (κ1) is 23.0.